The molecular weight excluding hydrogens is 364 g/mol. The summed E-state index contributed by atoms with van der Waals surface area (Å²) in [6.45, 7) is 2.02. The number of aryl methyl sites for hydroxylation is 1. The fraction of sp³-hybridized carbons (Fsp3) is 0.0417. The number of benzene rings is 4. The molecule has 142 valence electrons. The average molecular weight is 382 g/mol. The van der Waals surface area contributed by atoms with Crippen LogP contribution in [-0.2, 0) is 0 Å². The first-order valence-electron chi connectivity index (χ1n) is 9.17. The van der Waals surface area contributed by atoms with Gasteiger partial charge in [-0.1, -0.05) is 42.5 Å². The number of fused-ring (bicyclic) bond motifs is 1. The number of carbonyl (C=O) groups is 1. The Morgan fingerprint density at radius 2 is 1.41 bits per heavy atom. The zero-order chi connectivity index (χ0) is 20.4. The second kappa shape index (κ2) is 7.56. The number of nitrogens with zero attached hydrogens (tertiary/aromatic N) is 1. The van der Waals surface area contributed by atoms with Gasteiger partial charge in [0.1, 0.15) is 0 Å². The van der Waals surface area contributed by atoms with Gasteiger partial charge in [0.2, 0.25) is 0 Å². The minimum absolute atomic E-state index is 0.0510. The van der Waals surface area contributed by atoms with Crippen molar-refractivity contribution in [3.63, 3.8) is 0 Å². The highest BCUT2D eigenvalue weighted by Crippen LogP contribution is 2.27. The van der Waals surface area contributed by atoms with Crippen LogP contribution in [0.4, 0.5) is 11.4 Å². The molecule has 0 fully saturated rings. The van der Waals surface area contributed by atoms with Crippen molar-refractivity contribution in [1.29, 1.82) is 0 Å². The lowest BCUT2D eigenvalue weighted by Crippen LogP contribution is -2.12. The molecule has 0 aliphatic rings. The van der Waals surface area contributed by atoms with Crippen LogP contribution in [0, 0.1) is 17.0 Å². The van der Waals surface area contributed by atoms with E-state index in [1.165, 1.54) is 12.1 Å². The molecule has 0 bridgehead atoms. The van der Waals surface area contributed by atoms with E-state index in [9.17, 15) is 14.9 Å². The Balaban J connectivity index is 1.57. The maximum atomic E-state index is 12.8. The van der Waals surface area contributed by atoms with Gasteiger partial charge in [0, 0.05) is 28.8 Å². The summed E-state index contributed by atoms with van der Waals surface area (Å²) in [7, 11) is 0. The third kappa shape index (κ3) is 3.71. The second-order valence-electron chi connectivity index (χ2n) is 6.81. The van der Waals surface area contributed by atoms with Crippen LogP contribution in [0.25, 0.3) is 21.9 Å². The molecule has 0 saturated heterocycles. The molecule has 1 amide bonds. The van der Waals surface area contributed by atoms with Crippen molar-refractivity contribution in [2.45, 2.75) is 6.92 Å². The number of nitro groups is 1. The highest BCUT2D eigenvalue weighted by atomic mass is 16.6. The SMILES string of the molecule is Cc1cccc2cccc(NC(=O)c3ccc(-c4ccc([N+](=O)[O-])cc4)cc3)c12. The monoisotopic (exact) mass is 382 g/mol. The molecule has 0 saturated carbocycles. The van der Waals surface area contributed by atoms with Crippen LogP contribution >= 0.6 is 0 Å². The summed E-state index contributed by atoms with van der Waals surface area (Å²) < 4.78 is 0. The van der Waals surface area contributed by atoms with Gasteiger partial charge in [-0.3, -0.25) is 14.9 Å². The lowest BCUT2D eigenvalue weighted by atomic mass is 10.0. The number of anilines is 1. The first-order valence-corrected chi connectivity index (χ1v) is 9.17. The molecule has 5 nitrogen and oxygen atoms in total. The minimum atomic E-state index is -0.424. The van der Waals surface area contributed by atoms with Gasteiger partial charge in [0.05, 0.1) is 4.92 Å². The van der Waals surface area contributed by atoms with Crippen molar-refractivity contribution in [1.82, 2.24) is 0 Å². The van der Waals surface area contributed by atoms with Gasteiger partial charge in [-0.05, 0) is 59.3 Å². The van der Waals surface area contributed by atoms with Crippen molar-refractivity contribution >= 4 is 28.1 Å². The highest BCUT2D eigenvalue weighted by Gasteiger charge is 2.11. The number of hydrogen-bond donors (Lipinski definition) is 1. The summed E-state index contributed by atoms with van der Waals surface area (Å²) in [4.78, 5) is 23.1. The quantitative estimate of drug-likeness (QED) is 0.349. The lowest BCUT2D eigenvalue weighted by Gasteiger charge is -2.11. The smallest absolute Gasteiger partial charge is 0.269 e. The molecule has 0 spiro atoms. The van der Waals surface area contributed by atoms with Gasteiger partial charge in [-0.25, -0.2) is 0 Å². The van der Waals surface area contributed by atoms with Gasteiger partial charge < -0.3 is 5.32 Å². The topological polar surface area (TPSA) is 72.2 Å². The van der Waals surface area contributed by atoms with Crippen LogP contribution in [0.2, 0.25) is 0 Å². The Kier molecular flexibility index (Phi) is 4.79. The zero-order valence-electron chi connectivity index (χ0n) is 15.8. The van der Waals surface area contributed by atoms with Crippen LogP contribution in [-0.4, -0.2) is 10.8 Å². The zero-order valence-corrected chi connectivity index (χ0v) is 15.8. The molecule has 1 N–H and O–H groups in total. The Labute approximate surface area is 167 Å². The molecule has 5 heteroatoms. The maximum Gasteiger partial charge on any atom is 0.269 e. The van der Waals surface area contributed by atoms with E-state index in [1.54, 1.807) is 24.3 Å². The fourth-order valence-electron chi connectivity index (χ4n) is 3.42. The van der Waals surface area contributed by atoms with Crippen LogP contribution in [0.15, 0.2) is 84.9 Å². The number of carbonyl (C=O) groups excluding carboxylic acids is 1. The van der Waals surface area contributed by atoms with E-state index in [2.05, 4.69) is 5.32 Å². The fourth-order valence-corrected chi connectivity index (χ4v) is 3.42. The molecule has 0 aliphatic heterocycles. The third-order valence-electron chi connectivity index (χ3n) is 4.92. The van der Waals surface area contributed by atoms with E-state index in [0.717, 1.165) is 33.2 Å². The van der Waals surface area contributed by atoms with Gasteiger partial charge >= 0.3 is 0 Å². The normalized spacial score (nSPS) is 10.7. The van der Waals surface area contributed by atoms with Crippen molar-refractivity contribution in [2.75, 3.05) is 5.32 Å². The minimum Gasteiger partial charge on any atom is -0.321 e. The predicted octanol–water partition coefficient (Wildman–Crippen LogP) is 5.98. The Morgan fingerprint density at radius 1 is 0.828 bits per heavy atom. The van der Waals surface area contributed by atoms with E-state index < -0.39 is 4.92 Å². The van der Waals surface area contributed by atoms with Gasteiger partial charge in [-0.15, -0.1) is 0 Å². The van der Waals surface area contributed by atoms with Gasteiger partial charge in [0.25, 0.3) is 11.6 Å². The first-order chi connectivity index (χ1) is 14.0. The van der Waals surface area contributed by atoms with E-state index in [1.807, 2.05) is 55.5 Å². The molecular formula is C24H18N2O3. The Morgan fingerprint density at radius 3 is 2.03 bits per heavy atom. The van der Waals surface area contributed by atoms with Crippen molar-refractivity contribution in [3.05, 3.63) is 106 Å². The summed E-state index contributed by atoms with van der Waals surface area (Å²) in [5, 5.41) is 15.9. The Hall–Kier alpha value is -3.99. The lowest BCUT2D eigenvalue weighted by molar-refractivity contribution is -0.384. The molecule has 0 aromatic heterocycles. The van der Waals surface area contributed by atoms with Crippen molar-refractivity contribution in [3.8, 4) is 11.1 Å². The summed E-state index contributed by atoms with van der Waals surface area (Å²) >= 11 is 0. The Bertz CT molecular complexity index is 1210. The molecule has 4 aromatic carbocycles. The molecule has 4 aromatic rings. The number of nitro benzene ring substituents is 1. The second-order valence-corrected chi connectivity index (χ2v) is 6.81. The van der Waals surface area contributed by atoms with E-state index in [0.29, 0.717) is 5.56 Å². The maximum absolute atomic E-state index is 12.8. The number of hydrogen-bond acceptors (Lipinski definition) is 3. The molecule has 4 rings (SSSR count). The van der Waals surface area contributed by atoms with Crippen molar-refractivity contribution < 1.29 is 9.72 Å². The van der Waals surface area contributed by atoms with E-state index in [-0.39, 0.29) is 11.6 Å². The number of nitrogens with one attached hydrogen (secondary N) is 1. The van der Waals surface area contributed by atoms with Gasteiger partial charge in [-0.2, -0.15) is 0 Å². The number of rotatable bonds is 4. The molecule has 0 radical (unpaired) electrons. The predicted molar refractivity (Wildman–Crippen MR) is 115 cm³/mol. The van der Waals surface area contributed by atoms with Crippen LogP contribution in [0.3, 0.4) is 0 Å². The van der Waals surface area contributed by atoms with Gasteiger partial charge in [0.15, 0.2) is 0 Å². The van der Waals surface area contributed by atoms with Crippen molar-refractivity contribution in [2.24, 2.45) is 0 Å². The summed E-state index contributed by atoms with van der Waals surface area (Å²) in [6, 6.07) is 25.4. The highest BCUT2D eigenvalue weighted by molar-refractivity contribution is 6.10. The van der Waals surface area contributed by atoms with Crippen LogP contribution in [0.1, 0.15) is 15.9 Å². The molecule has 0 atom stereocenters. The molecule has 0 heterocycles. The third-order valence-corrected chi connectivity index (χ3v) is 4.92. The number of amides is 1. The average Bonchev–Trinajstić information content (AvgIpc) is 2.74. The summed E-state index contributed by atoms with van der Waals surface area (Å²) in [5.41, 5.74) is 4.22. The summed E-state index contributed by atoms with van der Waals surface area (Å²) in [6.07, 6.45) is 0. The molecule has 0 aliphatic carbocycles. The molecule has 29 heavy (non-hydrogen) atoms. The molecule has 0 unspecified atom stereocenters. The first kappa shape index (κ1) is 18.4. The van der Waals surface area contributed by atoms with E-state index >= 15 is 0 Å². The largest absolute Gasteiger partial charge is 0.321 e. The van der Waals surface area contributed by atoms with Crippen LogP contribution < -0.4 is 5.32 Å². The number of non-ortho nitro benzene ring substituents is 1. The van der Waals surface area contributed by atoms with E-state index in [4.69, 9.17) is 0 Å². The standard InChI is InChI=1S/C24H18N2O3/c1-16-4-2-5-19-6-3-7-22(23(16)19)25-24(27)20-10-8-17(9-11-20)18-12-14-21(15-13-18)26(28)29/h2-15H,1H3,(H,25,27). The van der Waals surface area contributed by atoms with Crippen LogP contribution in [0.5, 0.6) is 0 Å². The summed E-state index contributed by atoms with van der Waals surface area (Å²) in [5.74, 6) is -0.184.